The number of rotatable bonds is 10. The van der Waals surface area contributed by atoms with Gasteiger partial charge < -0.3 is 0 Å². The first-order valence-corrected chi connectivity index (χ1v) is 8.27. The molecule has 0 unspecified atom stereocenters. The zero-order valence-corrected chi connectivity index (χ0v) is 12.1. The van der Waals surface area contributed by atoms with E-state index in [1.165, 1.54) is 89.9 Å². The van der Waals surface area contributed by atoms with Crippen molar-refractivity contribution in [3.8, 4) is 0 Å². The van der Waals surface area contributed by atoms with Gasteiger partial charge in [-0.05, 0) is 18.8 Å². The average molecular weight is 237 g/mol. The minimum absolute atomic E-state index is 0.980. The van der Waals surface area contributed by atoms with Crippen LogP contribution < -0.4 is 0 Å². The molecule has 0 saturated heterocycles. The lowest BCUT2D eigenvalue weighted by molar-refractivity contribution is 0.387. The lowest BCUT2D eigenvalue weighted by atomic mass is 9.85. The third-order valence-corrected chi connectivity index (χ3v) is 4.21. The molecule has 1 aliphatic carbocycles. The molecule has 1 rings (SSSR count). The quantitative estimate of drug-likeness (QED) is 0.391. The molecule has 0 heteroatoms. The monoisotopic (exact) mass is 237 g/mol. The molecular weight excluding hydrogens is 204 g/mol. The summed E-state index contributed by atoms with van der Waals surface area (Å²) in [6.45, 7) is 2.29. The molecule has 1 fully saturated rings. The zero-order valence-electron chi connectivity index (χ0n) is 12.1. The highest BCUT2D eigenvalue weighted by Gasteiger charge is 2.12. The van der Waals surface area contributed by atoms with Crippen molar-refractivity contribution in [2.75, 3.05) is 0 Å². The van der Waals surface area contributed by atoms with Crippen LogP contribution in [0.3, 0.4) is 0 Å². The van der Waals surface area contributed by atoms with Crippen LogP contribution in [-0.4, -0.2) is 0 Å². The molecule has 1 saturated carbocycles. The van der Waals surface area contributed by atoms with E-state index in [9.17, 15) is 0 Å². The number of hydrogen-bond acceptors (Lipinski definition) is 0. The highest BCUT2D eigenvalue weighted by atomic mass is 14.2. The SMILES string of the molecule is CCCCCCCCCC[CH]C1CCCCC1. The summed E-state index contributed by atoms with van der Waals surface area (Å²) < 4.78 is 0. The minimum Gasteiger partial charge on any atom is -0.0654 e. The van der Waals surface area contributed by atoms with Crippen molar-refractivity contribution in [3.63, 3.8) is 0 Å². The second-order valence-electron chi connectivity index (χ2n) is 5.90. The van der Waals surface area contributed by atoms with E-state index in [4.69, 9.17) is 0 Å². The van der Waals surface area contributed by atoms with Crippen LogP contribution in [0.4, 0.5) is 0 Å². The van der Waals surface area contributed by atoms with E-state index in [2.05, 4.69) is 13.3 Å². The van der Waals surface area contributed by atoms with Gasteiger partial charge in [0.1, 0.15) is 0 Å². The highest BCUT2D eigenvalue weighted by molar-refractivity contribution is 4.78. The smallest absolute Gasteiger partial charge is 0.0355 e. The molecule has 1 radical (unpaired) electrons. The Labute approximate surface area is 110 Å². The van der Waals surface area contributed by atoms with E-state index in [1.54, 1.807) is 0 Å². The van der Waals surface area contributed by atoms with E-state index in [-0.39, 0.29) is 0 Å². The van der Waals surface area contributed by atoms with Crippen LogP contribution in [0.25, 0.3) is 0 Å². The highest BCUT2D eigenvalue weighted by Crippen LogP contribution is 2.27. The van der Waals surface area contributed by atoms with Crippen LogP contribution in [0.5, 0.6) is 0 Å². The van der Waals surface area contributed by atoms with Gasteiger partial charge in [-0.2, -0.15) is 0 Å². The Balaban J connectivity index is 1.75. The summed E-state index contributed by atoms with van der Waals surface area (Å²) >= 11 is 0. The summed E-state index contributed by atoms with van der Waals surface area (Å²) in [5, 5.41) is 0. The molecule has 0 aromatic rings. The van der Waals surface area contributed by atoms with Gasteiger partial charge in [0, 0.05) is 0 Å². The molecule has 0 spiro atoms. The predicted molar refractivity (Wildman–Crippen MR) is 78.1 cm³/mol. The maximum Gasteiger partial charge on any atom is -0.0355 e. The molecule has 0 aromatic heterocycles. The molecule has 0 aromatic carbocycles. The van der Waals surface area contributed by atoms with Gasteiger partial charge in [-0.1, -0.05) is 90.4 Å². The lowest BCUT2D eigenvalue weighted by Gasteiger charge is -2.20. The molecule has 0 nitrogen and oxygen atoms in total. The Morgan fingerprint density at radius 1 is 0.765 bits per heavy atom. The van der Waals surface area contributed by atoms with Gasteiger partial charge in [0.2, 0.25) is 0 Å². The fraction of sp³-hybridized carbons (Fsp3) is 0.941. The average Bonchev–Trinajstić information content (AvgIpc) is 2.38. The summed E-state index contributed by atoms with van der Waals surface area (Å²) in [5.41, 5.74) is 0. The fourth-order valence-corrected chi connectivity index (χ4v) is 3.00. The molecule has 101 valence electrons. The predicted octanol–water partition coefficient (Wildman–Crippen LogP) is 6.30. The van der Waals surface area contributed by atoms with Gasteiger partial charge in [0.15, 0.2) is 0 Å². The van der Waals surface area contributed by atoms with E-state index < -0.39 is 0 Å². The zero-order chi connectivity index (χ0) is 12.2. The van der Waals surface area contributed by atoms with Gasteiger partial charge in [0.05, 0.1) is 0 Å². The third-order valence-electron chi connectivity index (χ3n) is 4.21. The first-order valence-electron chi connectivity index (χ1n) is 8.27. The van der Waals surface area contributed by atoms with Gasteiger partial charge in [-0.3, -0.25) is 0 Å². The molecule has 0 N–H and O–H groups in total. The Kier molecular flexibility index (Phi) is 9.84. The van der Waals surface area contributed by atoms with Crippen molar-refractivity contribution in [3.05, 3.63) is 6.42 Å². The van der Waals surface area contributed by atoms with Gasteiger partial charge >= 0.3 is 0 Å². The van der Waals surface area contributed by atoms with Gasteiger partial charge in [-0.25, -0.2) is 0 Å². The summed E-state index contributed by atoms with van der Waals surface area (Å²) in [6, 6.07) is 0. The Morgan fingerprint density at radius 3 is 2.00 bits per heavy atom. The van der Waals surface area contributed by atoms with Crippen molar-refractivity contribution in [1.82, 2.24) is 0 Å². The standard InChI is InChI=1S/C17H33/c1-2-3-4-5-6-7-8-9-11-14-17-15-12-10-13-16-17/h14,17H,2-13,15-16H2,1H3. The fourth-order valence-electron chi connectivity index (χ4n) is 3.00. The van der Waals surface area contributed by atoms with Crippen molar-refractivity contribution < 1.29 is 0 Å². The van der Waals surface area contributed by atoms with Crippen molar-refractivity contribution in [2.45, 2.75) is 96.8 Å². The van der Waals surface area contributed by atoms with Crippen LogP contribution in [0, 0.1) is 12.3 Å². The summed E-state index contributed by atoms with van der Waals surface area (Å²) in [4.78, 5) is 0. The molecule has 0 amide bonds. The van der Waals surface area contributed by atoms with Gasteiger partial charge in [0.25, 0.3) is 0 Å². The van der Waals surface area contributed by atoms with Gasteiger partial charge in [-0.15, -0.1) is 0 Å². The summed E-state index contributed by atoms with van der Waals surface area (Å²) in [6.07, 6.45) is 23.1. The second-order valence-corrected chi connectivity index (χ2v) is 5.90. The van der Waals surface area contributed by atoms with Crippen LogP contribution in [0.2, 0.25) is 0 Å². The van der Waals surface area contributed by atoms with Crippen molar-refractivity contribution in [2.24, 2.45) is 5.92 Å². The first-order chi connectivity index (χ1) is 8.43. The molecule has 0 bridgehead atoms. The lowest BCUT2D eigenvalue weighted by Crippen LogP contribution is -2.06. The molecule has 17 heavy (non-hydrogen) atoms. The van der Waals surface area contributed by atoms with Crippen LogP contribution in [-0.2, 0) is 0 Å². The van der Waals surface area contributed by atoms with E-state index in [0.717, 1.165) is 5.92 Å². The first kappa shape index (κ1) is 15.1. The van der Waals surface area contributed by atoms with Crippen molar-refractivity contribution >= 4 is 0 Å². The molecule has 0 atom stereocenters. The minimum atomic E-state index is 0.980. The van der Waals surface area contributed by atoms with E-state index in [1.807, 2.05) is 0 Å². The number of unbranched alkanes of at least 4 members (excludes halogenated alkanes) is 8. The third kappa shape index (κ3) is 8.69. The van der Waals surface area contributed by atoms with Crippen LogP contribution in [0.15, 0.2) is 0 Å². The second kappa shape index (κ2) is 11.1. The normalized spacial score (nSPS) is 17.5. The van der Waals surface area contributed by atoms with Crippen LogP contribution in [0.1, 0.15) is 96.8 Å². The maximum absolute atomic E-state index is 2.64. The largest absolute Gasteiger partial charge is 0.0654 e. The molecule has 0 heterocycles. The Hall–Kier alpha value is 0. The van der Waals surface area contributed by atoms with E-state index >= 15 is 0 Å². The molecular formula is C17H33. The van der Waals surface area contributed by atoms with E-state index in [0.29, 0.717) is 0 Å². The number of hydrogen-bond donors (Lipinski definition) is 0. The van der Waals surface area contributed by atoms with Crippen LogP contribution >= 0.6 is 0 Å². The Bertz CT molecular complexity index is 144. The Morgan fingerprint density at radius 2 is 1.35 bits per heavy atom. The maximum atomic E-state index is 2.64. The summed E-state index contributed by atoms with van der Waals surface area (Å²) in [7, 11) is 0. The molecule has 1 aliphatic rings. The topological polar surface area (TPSA) is 0 Å². The molecule has 0 aliphatic heterocycles. The summed E-state index contributed by atoms with van der Waals surface area (Å²) in [5.74, 6) is 0.980. The van der Waals surface area contributed by atoms with Crippen molar-refractivity contribution in [1.29, 1.82) is 0 Å².